The molecule has 1 aliphatic carbocycles. The fourth-order valence-electron chi connectivity index (χ4n) is 2.75. The van der Waals surface area contributed by atoms with Crippen molar-refractivity contribution in [3.8, 4) is 0 Å². The van der Waals surface area contributed by atoms with Crippen LogP contribution in [0.5, 0.6) is 0 Å². The standard InChI is InChI=1S/C12H22O3/c1-3-6-12(9(2)13)7-4-10(5-8-12)11(14)15/h10-11,14-15H,3-8H2,1-2H3. The number of hydrogen-bond acceptors (Lipinski definition) is 3. The third kappa shape index (κ3) is 2.79. The van der Waals surface area contributed by atoms with Gasteiger partial charge in [-0.25, -0.2) is 0 Å². The maximum atomic E-state index is 11.7. The number of carbonyl (C=O) groups is 1. The third-order valence-electron chi connectivity index (χ3n) is 3.88. The van der Waals surface area contributed by atoms with Crippen LogP contribution in [0.4, 0.5) is 0 Å². The van der Waals surface area contributed by atoms with E-state index in [-0.39, 0.29) is 17.1 Å². The molecular weight excluding hydrogens is 192 g/mol. The molecule has 0 radical (unpaired) electrons. The first kappa shape index (κ1) is 12.7. The third-order valence-corrected chi connectivity index (χ3v) is 3.88. The molecule has 3 heteroatoms. The summed E-state index contributed by atoms with van der Waals surface area (Å²) in [5.41, 5.74) is -0.167. The topological polar surface area (TPSA) is 57.5 Å². The Morgan fingerprint density at radius 1 is 1.40 bits per heavy atom. The van der Waals surface area contributed by atoms with Crippen LogP contribution in [0, 0.1) is 11.3 Å². The lowest BCUT2D eigenvalue weighted by molar-refractivity contribution is -0.135. The van der Waals surface area contributed by atoms with Crippen molar-refractivity contribution in [3.63, 3.8) is 0 Å². The van der Waals surface area contributed by atoms with E-state index in [1.807, 2.05) is 0 Å². The monoisotopic (exact) mass is 214 g/mol. The van der Waals surface area contributed by atoms with Crippen LogP contribution in [-0.4, -0.2) is 22.3 Å². The van der Waals surface area contributed by atoms with Crippen molar-refractivity contribution in [1.82, 2.24) is 0 Å². The molecular formula is C12H22O3. The summed E-state index contributed by atoms with van der Waals surface area (Å²) in [6, 6.07) is 0. The van der Waals surface area contributed by atoms with Crippen LogP contribution in [0.3, 0.4) is 0 Å². The van der Waals surface area contributed by atoms with Gasteiger partial charge in [0.2, 0.25) is 0 Å². The second-order valence-electron chi connectivity index (χ2n) is 4.84. The Hall–Kier alpha value is -0.410. The summed E-state index contributed by atoms with van der Waals surface area (Å²) in [5.74, 6) is 0.240. The number of aliphatic hydroxyl groups excluding tert-OH is 1. The maximum Gasteiger partial charge on any atom is 0.154 e. The first-order chi connectivity index (χ1) is 7.02. The summed E-state index contributed by atoms with van der Waals surface area (Å²) in [5, 5.41) is 18.2. The second kappa shape index (κ2) is 5.08. The number of carbonyl (C=O) groups excluding carboxylic acids is 1. The number of ketones is 1. The van der Waals surface area contributed by atoms with E-state index in [2.05, 4.69) is 6.92 Å². The van der Waals surface area contributed by atoms with E-state index in [0.29, 0.717) is 0 Å². The second-order valence-corrected chi connectivity index (χ2v) is 4.84. The van der Waals surface area contributed by atoms with Crippen LogP contribution >= 0.6 is 0 Å². The molecule has 0 aromatic rings. The molecule has 1 fully saturated rings. The minimum atomic E-state index is -1.21. The quantitative estimate of drug-likeness (QED) is 0.702. The van der Waals surface area contributed by atoms with E-state index in [0.717, 1.165) is 38.5 Å². The van der Waals surface area contributed by atoms with Crippen molar-refractivity contribution < 1.29 is 15.0 Å². The minimum absolute atomic E-state index is 0.0330. The lowest BCUT2D eigenvalue weighted by Gasteiger charge is -2.38. The van der Waals surface area contributed by atoms with Gasteiger partial charge in [-0.3, -0.25) is 4.79 Å². The largest absolute Gasteiger partial charge is 0.368 e. The van der Waals surface area contributed by atoms with Crippen LogP contribution in [0.25, 0.3) is 0 Å². The number of rotatable bonds is 4. The minimum Gasteiger partial charge on any atom is -0.368 e. The van der Waals surface area contributed by atoms with Crippen LogP contribution in [-0.2, 0) is 4.79 Å². The van der Waals surface area contributed by atoms with Gasteiger partial charge in [-0.2, -0.15) is 0 Å². The Kier molecular flexibility index (Phi) is 4.29. The molecule has 0 aliphatic heterocycles. The smallest absolute Gasteiger partial charge is 0.154 e. The first-order valence-corrected chi connectivity index (χ1v) is 5.89. The Morgan fingerprint density at radius 2 is 1.93 bits per heavy atom. The molecule has 2 N–H and O–H groups in total. The molecule has 0 atom stereocenters. The van der Waals surface area contributed by atoms with E-state index in [1.54, 1.807) is 6.92 Å². The van der Waals surface area contributed by atoms with E-state index in [4.69, 9.17) is 10.2 Å². The van der Waals surface area contributed by atoms with Gasteiger partial charge in [0.15, 0.2) is 6.29 Å². The molecule has 88 valence electrons. The summed E-state index contributed by atoms with van der Waals surface area (Å²) in [4.78, 5) is 11.7. The zero-order valence-corrected chi connectivity index (χ0v) is 9.70. The van der Waals surface area contributed by atoms with Gasteiger partial charge >= 0.3 is 0 Å². The van der Waals surface area contributed by atoms with Gasteiger partial charge in [-0.15, -0.1) is 0 Å². The molecule has 0 heterocycles. The molecule has 0 aromatic carbocycles. The van der Waals surface area contributed by atoms with Gasteiger partial charge < -0.3 is 10.2 Å². The van der Waals surface area contributed by atoms with Gasteiger partial charge in [0.1, 0.15) is 5.78 Å². The Labute approximate surface area is 91.5 Å². The number of Topliss-reactive ketones (excluding diaryl/α,β-unsaturated/α-hetero) is 1. The Morgan fingerprint density at radius 3 is 2.27 bits per heavy atom. The zero-order chi connectivity index (χ0) is 11.5. The van der Waals surface area contributed by atoms with Crippen molar-refractivity contribution in [1.29, 1.82) is 0 Å². The van der Waals surface area contributed by atoms with Crippen LogP contribution in [0.2, 0.25) is 0 Å². The van der Waals surface area contributed by atoms with Crippen molar-refractivity contribution in [2.45, 2.75) is 58.7 Å². The van der Waals surface area contributed by atoms with Crippen molar-refractivity contribution in [2.75, 3.05) is 0 Å². The molecule has 1 rings (SSSR count). The maximum absolute atomic E-state index is 11.7. The molecule has 0 amide bonds. The first-order valence-electron chi connectivity index (χ1n) is 5.89. The molecule has 0 aromatic heterocycles. The zero-order valence-electron chi connectivity index (χ0n) is 9.70. The lowest BCUT2D eigenvalue weighted by atomic mass is 9.66. The molecule has 0 unspecified atom stereocenters. The van der Waals surface area contributed by atoms with E-state index < -0.39 is 6.29 Å². The highest BCUT2D eigenvalue weighted by Gasteiger charge is 2.39. The average Bonchev–Trinajstić information content (AvgIpc) is 2.18. The number of aliphatic hydroxyl groups is 2. The fraction of sp³-hybridized carbons (Fsp3) is 0.917. The van der Waals surface area contributed by atoms with Crippen LogP contribution < -0.4 is 0 Å². The summed E-state index contributed by atoms with van der Waals surface area (Å²) in [7, 11) is 0. The van der Waals surface area contributed by atoms with Gasteiger partial charge in [-0.1, -0.05) is 13.3 Å². The fourth-order valence-corrected chi connectivity index (χ4v) is 2.75. The molecule has 15 heavy (non-hydrogen) atoms. The predicted octanol–water partition coefficient (Wildman–Crippen LogP) is 1.86. The van der Waals surface area contributed by atoms with E-state index in [9.17, 15) is 4.79 Å². The SMILES string of the molecule is CCCC1(C(C)=O)CCC(C(O)O)CC1. The molecule has 1 saturated carbocycles. The molecule has 1 aliphatic rings. The van der Waals surface area contributed by atoms with Crippen molar-refractivity contribution in [3.05, 3.63) is 0 Å². The number of hydrogen-bond donors (Lipinski definition) is 2. The van der Waals surface area contributed by atoms with Gasteiger partial charge in [-0.05, 0) is 39.0 Å². The highest BCUT2D eigenvalue weighted by Crippen LogP contribution is 2.43. The summed E-state index contributed by atoms with van der Waals surface area (Å²) in [6.45, 7) is 3.77. The summed E-state index contributed by atoms with van der Waals surface area (Å²) >= 11 is 0. The average molecular weight is 214 g/mol. The Balaban J connectivity index is 2.61. The van der Waals surface area contributed by atoms with Crippen LogP contribution in [0.15, 0.2) is 0 Å². The Bertz CT molecular complexity index is 215. The summed E-state index contributed by atoms with van der Waals surface area (Å²) in [6.07, 6.45) is 3.91. The highest BCUT2D eigenvalue weighted by atomic mass is 16.5. The lowest BCUT2D eigenvalue weighted by Crippen LogP contribution is -2.36. The summed E-state index contributed by atoms with van der Waals surface area (Å²) < 4.78 is 0. The molecule has 0 saturated heterocycles. The van der Waals surface area contributed by atoms with Gasteiger partial charge in [0.25, 0.3) is 0 Å². The van der Waals surface area contributed by atoms with Crippen molar-refractivity contribution >= 4 is 5.78 Å². The normalized spacial score (nSPS) is 31.9. The van der Waals surface area contributed by atoms with E-state index in [1.165, 1.54) is 0 Å². The molecule has 0 bridgehead atoms. The molecule has 0 spiro atoms. The van der Waals surface area contributed by atoms with Gasteiger partial charge in [0, 0.05) is 11.3 Å². The van der Waals surface area contributed by atoms with Gasteiger partial charge in [0.05, 0.1) is 0 Å². The van der Waals surface area contributed by atoms with Crippen LogP contribution in [0.1, 0.15) is 52.4 Å². The molecule has 3 nitrogen and oxygen atoms in total. The van der Waals surface area contributed by atoms with Crippen molar-refractivity contribution in [2.24, 2.45) is 11.3 Å². The predicted molar refractivity (Wildman–Crippen MR) is 58.2 cm³/mol. The van der Waals surface area contributed by atoms with E-state index >= 15 is 0 Å². The highest BCUT2D eigenvalue weighted by molar-refractivity contribution is 5.82.